The topological polar surface area (TPSA) is 20.3 Å². The predicted molar refractivity (Wildman–Crippen MR) is 70.1 cm³/mol. The summed E-state index contributed by atoms with van der Waals surface area (Å²) in [6.45, 7) is 4.19. The molecule has 0 saturated carbocycles. The van der Waals surface area contributed by atoms with Crippen LogP contribution in [-0.4, -0.2) is 23.8 Å². The van der Waals surface area contributed by atoms with Crippen LogP contribution in [0.25, 0.3) is 0 Å². The first-order valence-electron chi connectivity index (χ1n) is 6.29. The van der Waals surface area contributed by atoms with E-state index in [-0.39, 0.29) is 5.78 Å². The number of nitrogens with zero attached hydrogens (tertiary/aromatic N) is 1. The van der Waals surface area contributed by atoms with Gasteiger partial charge in [0, 0.05) is 30.9 Å². The predicted octanol–water partition coefficient (Wildman–Crippen LogP) is 3.18. The maximum Gasteiger partial charge on any atom is 0.187 e. The molecule has 1 aromatic rings. The highest BCUT2D eigenvalue weighted by atomic mass is 16.1. The minimum absolute atomic E-state index is 0.0931. The molecule has 1 aliphatic rings. The molecule has 0 bridgehead atoms. The Morgan fingerprint density at radius 2 is 1.76 bits per heavy atom. The van der Waals surface area contributed by atoms with E-state index in [1.54, 1.807) is 6.08 Å². The fraction of sp³-hybridized carbons (Fsp3) is 0.400. The molecular formula is C15H19NO. The van der Waals surface area contributed by atoms with E-state index < -0.39 is 0 Å². The zero-order chi connectivity index (χ0) is 12.1. The lowest BCUT2D eigenvalue weighted by atomic mass is 10.1. The van der Waals surface area contributed by atoms with E-state index in [4.69, 9.17) is 0 Å². The molecule has 0 atom stereocenters. The molecule has 1 fully saturated rings. The molecule has 1 aliphatic heterocycles. The Morgan fingerprint density at radius 1 is 1.12 bits per heavy atom. The number of hydrogen-bond acceptors (Lipinski definition) is 2. The van der Waals surface area contributed by atoms with Gasteiger partial charge in [0.2, 0.25) is 0 Å². The Morgan fingerprint density at radius 3 is 2.41 bits per heavy atom. The van der Waals surface area contributed by atoms with Crippen molar-refractivity contribution >= 4 is 5.78 Å². The van der Waals surface area contributed by atoms with Gasteiger partial charge in [-0.05, 0) is 26.2 Å². The third kappa shape index (κ3) is 3.45. The minimum Gasteiger partial charge on any atom is -0.377 e. The second kappa shape index (κ2) is 5.67. The molecule has 90 valence electrons. The summed E-state index contributed by atoms with van der Waals surface area (Å²) in [6, 6.07) is 7.72. The lowest BCUT2D eigenvalue weighted by molar-refractivity contribution is 0.104. The van der Waals surface area contributed by atoms with Crippen molar-refractivity contribution in [3.63, 3.8) is 0 Å². The number of allylic oxidation sites excluding steroid dienone is 1. The van der Waals surface area contributed by atoms with E-state index in [9.17, 15) is 4.79 Å². The van der Waals surface area contributed by atoms with Crippen LogP contribution in [0.1, 0.15) is 35.2 Å². The van der Waals surface area contributed by atoms with Gasteiger partial charge in [0.05, 0.1) is 0 Å². The largest absolute Gasteiger partial charge is 0.377 e. The van der Waals surface area contributed by atoms with Crippen LogP contribution in [-0.2, 0) is 0 Å². The van der Waals surface area contributed by atoms with Crippen LogP contribution in [0.15, 0.2) is 36.5 Å². The third-order valence-corrected chi connectivity index (χ3v) is 3.16. The molecule has 2 heteroatoms. The first kappa shape index (κ1) is 11.9. The molecule has 2 rings (SSSR count). The lowest BCUT2D eigenvalue weighted by Crippen LogP contribution is -2.24. The first-order chi connectivity index (χ1) is 8.25. The van der Waals surface area contributed by atoms with Gasteiger partial charge < -0.3 is 4.90 Å². The molecule has 0 amide bonds. The summed E-state index contributed by atoms with van der Waals surface area (Å²) >= 11 is 0. The molecule has 1 aromatic carbocycles. The molecule has 0 spiro atoms. The van der Waals surface area contributed by atoms with Crippen molar-refractivity contribution in [3.8, 4) is 0 Å². The molecule has 0 unspecified atom stereocenters. The van der Waals surface area contributed by atoms with E-state index in [1.807, 2.05) is 37.4 Å². The molecule has 1 saturated heterocycles. The Labute approximate surface area is 103 Å². The average Bonchev–Trinajstić information content (AvgIpc) is 2.38. The van der Waals surface area contributed by atoms with Crippen LogP contribution >= 0.6 is 0 Å². The van der Waals surface area contributed by atoms with Crippen LogP contribution in [0.2, 0.25) is 0 Å². The van der Waals surface area contributed by atoms with Gasteiger partial charge >= 0.3 is 0 Å². The molecule has 0 aromatic heterocycles. The Balaban J connectivity index is 1.96. The molecule has 0 radical (unpaired) electrons. The molecule has 0 aliphatic carbocycles. The summed E-state index contributed by atoms with van der Waals surface area (Å²) in [7, 11) is 0. The highest BCUT2D eigenvalue weighted by Crippen LogP contribution is 2.10. The quantitative estimate of drug-likeness (QED) is 0.586. The summed E-state index contributed by atoms with van der Waals surface area (Å²) in [4.78, 5) is 14.1. The second-order valence-electron chi connectivity index (χ2n) is 4.64. The highest BCUT2D eigenvalue weighted by molar-refractivity contribution is 6.04. The van der Waals surface area contributed by atoms with Gasteiger partial charge in [0.25, 0.3) is 0 Å². The van der Waals surface area contributed by atoms with E-state index in [2.05, 4.69) is 4.90 Å². The van der Waals surface area contributed by atoms with Crippen molar-refractivity contribution in [2.75, 3.05) is 13.1 Å². The maximum absolute atomic E-state index is 11.9. The lowest BCUT2D eigenvalue weighted by Gasteiger charge is -2.24. The van der Waals surface area contributed by atoms with Gasteiger partial charge in [0.1, 0.15) is 0 Å². The van der Waals surface area contributed by atoms with E-state index in [0.29, 0.717) is 0 Å². The molecule has 2 nitrogen and oxygen atoms in total. The molecule has 1 heterocycles. The summed E-state index contributed by atoms with van der Waals surface area (Å²) < 4.78 is 0. The Hall–Kier alpha value is -1.57. The minimum atomic E-state index is 0.0931. The zero-order valence-corrected chi connectivity index (χ0v) is 10.4. The number of aryl methyl sites for hydroxylation is 1. The number of likely N-dealkylation sites (tertiary alicyclic amines) is 1. The summed E-state index contributed by atoms with van der Waals surface area (Å²) in [5.41, 5.74) is 1.95. The van der Waals surface area contributed by atoms with Gasteiger partial charge in [-0.2, -0.15) is 0 Å². The van der Waals surface area contributed by atoms with Crippen molar-refractivity contribution in [2.24, 2.45) is 0 Å². The zero-order valence-electron chi connectivity index (χ0n) is 10.4. The Kier molecular flexibility index (Phi) is 3.97. The van der Waals surface area contributed by atoms with Crippen molar-refractivity contribution in [1.82, 2.24) is 4.90 Å². The number of ketones is 1. The van der Waals surface area contributed by atoms with Gasteiger partial charge in [-0.1, -0.05) is 29.8 Å². The normalized spacial score (nSPS) is 16.4. The maximum atomic E-state index is 11.9. The van der Waals surface area contributed by atoms with Crippen LogP contribution < -0.4 is 0 Å². The van der Waals surface area contributed by atoms with E-state index >= 15 is 0 Å². The fourth-order valence-corrected chi connectivity index (χ4v) is 2.05. The van der Waals surface area contributed by atoms with Gasteiger partial charge in [-0.3, -0.25) is 4.79 Å². The van der Waals surface area contributed by atoms with Crippen LogP contribution in [0.3, 0.4) is 0 Å². The number of hydrogen-bond donors (Lipinski definition) is 0. The van der Waals surface area contributed by atoms with Crippen molar-refractivity contribution in [2.45, 2.75) is 26.2 Å². The molecular weight excluding hydrogens is 210 g/mol. The van der Waals surface area contributed by atoms with E-state index in [1.165, 1.54) is 24.8 Å². The third-order valence-electron chi connectivity index (χ3n) is 3.16. The van der Waals surface area contributed by atoms with Crippen LogP contribution in [0.5, 0.6) is 0 Å². The number of rotatable bonds is 3. The van der Waals surface area contributed by atoms with E-state index in [0.717, 1.165) is 18.7 Å². The SMILES string of the molecule is Cc1ccc(C(=O)C=CN2CCCCC2)cc1. The second-order valence-corrected chi connectivity index (χ2v) is 4.64. The number of piperidine rings is 1. The summed E-state index contributed by atoms with van der Waals surface area (Å²) in [5, 5.41) is 0. The molecule has 0 N–H and O–H groups in total. The van der Waals surface area contributed by atoms with Gasteiger partial charge in [0.15, 0.2) is 5.78 Å². The number of carbonyl (C=O) groups excluding carboxylic acids is 1. The standard InChI is InChI=1S/C15H19NO/c1-13-5-7-14(8-6-13)15(17)9-12-16-10-3-2-4-11-16/h5-9,12H,2-4,10-11H2,1H3. The Bertz CT molecular complexity index is 399. The first-order valence-corrected chi connectivity index (χ1v) is 6.29. The number of carbonyl (C=O) groups is 1. The smallest absolute Gasteiger partial charge is 0.187 e. The van der Waals surface area contributed by atoms with Crippen LogP contribution in [0, 0.1) is 6.92 Å². The molecule has 17 heavy (non-hydrogen) atoms. The highest BCUT2D eigenvalue weighted by Gasteiger charge is 2.06. The van der Waals surface area contributed by atoms with Gasteiger partial charge in [-0.25, -0.2) is 0 Å². The fourth-order valence-electron chi connectivity index (χ4n) is 2.05. The monoisotopic (exact) mass is 229 g/mol. The number of benzene rings is 1. The van der Waals surface area contributed by atoms with Crippen molar-refractivity contribution < 1.29 is 4.79 Å². The average molecular weight is 229 g/mol. The van der Waals surface area contributed by atoms with Crippen molar-refractivity contribution in [3.05, 3.63) is 47.7 Å². The summed E-state index contributed by atoms with van der Waals surface area (Å²) in [6.07, 6.45) is 7.43. The van der Waals surface area contributed by atoms with Crippen molar-refractivity contribution in [1.29, 1.82) is 0 Å². The van der Waals surface area contributed by atoms with Crippen LogP contribution in [0.4, 0.5) is 0 Å². The van der Waals surface area contributed by atoms with Gasteiger partial charge in [-0.15, -0.1) is 0 Å². The summed E-state index contributed by atoms with van der Waals surface area (Å²) in [5.74, 6) is 0.0931.